The standard InChI is InChI=1S/C13H21NO2S/c1-3-7-14-9-12(15)10-17(16)13-6-4-5-11(2)8-13/h4-6,8,12,14-15H,3,7,9-10H2,1-2H3. The van der Waals surface area contributed by atoms with Crippen molar-refractivity contribution in [2.75, 3.05) is 18.8 Å². The van der Waals surface area contributed by atoms with Crippen LogP contribution in [0.5, 0.6) is 0 Å². The van der Waals surface area contributed by atoms with E-state index in [9.17, 15) is 9.32 Å². The number of aliphatic hydroxyl groups excluding tert-OH is 1. The van der Waals surface area contributed by atoms with Crippen LogP contribution in [-0.2, 0) is 10.8 Å². The zero-order chi connectivity index (χ0) is 12.7. The Bertz CT molecular complexity index is 368. The summed E-state index contributed by atoms with van der Waals surface area (Å²) in [6.07, 6.45) is 0.483. The van der Waals surface area contributed by atoms with Gasteiger partial charge in [0.15, 0.2) is 0 Å². The van der Waals surface area contributed by atoms with Crippen LogP contribution >= 0.6 is 0 Å². The zero-order valence-corrected chi connectivity index (χ0v) is 11.3. The SMILES string of the molecule is CCCNCC(O)CS(=O)c1cccc(C)c1. The first-order valence-electron chi connectivity index (χ1n) is 5.97. The summed E-state index contributed by atoms with van der Waals surface area (Å²) in [6, 6.07) is 7.61. The Morgan fingerprint density at radius 3 is 2.88 bits per heavy atom. The highest BCUT2D eigenvalue weighted by Crippen LogP contribution is 2.09. The van der Waals surface area contributed by atoms with Gasteiger partial charge in [-0.2, -0.15) is 0 Å². The molecule has 2 atom stereocenters. The molecule has 17 heavy (non-hydrogen) atoms. The Hall–Kier alpha value is -0.710. The first kappa shape index (κ1) is 14.4. The van der Waals surface area contributed by atoms with E-state index in [0.29, 0.717) is 12.3 Å². The number of aliphatic hydroxyl groups is 1. The Kier molecular flexibility index (Phi) is 6.40. The van der Waals surface area contributed by atoms with Crippen molar-refractivity contribution < 1.29 is 9.32 Å². The van der Waals surface area contributed by atoms with Crippen molar-refractivity contribution in [3.63, 3.8) is 0 Å². The Balaban J connectivity index is 2.43. The number of aryl methyl sites for hydroxylation is 1. The fourth-order valence-electron chi connectivity index (χ4n) is 1.53. The first-order valence-corrected chi connectivity index (χ1v) is 7.29. The summed E-state index contributed by atoms with van der Waals surface area (Å²) in [7, 11) is -1.12. The highest BCUT2D eigenvalue weighted by molar-refractivity contribution is 7.85. The predicted molar refractivity (Wildman–Crippen MR) is 71.6 cm³/mol. The van der Waals surface area contributed by atoms with Crippen molar-refractivity contribution in [1.82, 2.24) is 5.32 Å². The summed E-state index contributed by atoms with van der Waals surface area (Å²) >= 11 is 0. The quantitative estimate of drug-likeness (QED) is 0.725. The lowest BCUT2D eigenvalue weighted by Gasteiger charge is -2.11. The molecule has 0 saturated carbocycles. The lowest BCUT2D eigenvalue weighted by Crippen LogP contribution is -2.31. The topological polar surface area (TPSA) is 49.3 Å². The number of hydrogen-bond donors (Lipinski definition) is 2. The summed E-state index contributed by atoms with van der Waals surface area (Å²) in [4.78, 5) is 0.791. The van der Waals surface area contributed by atoms with Gasteiger partial charge >= 0.3 is 0 Å². The predicted octanol–water partition coefficient (Wildman–Crippen LogP) is 1.46. The smallest absolute Gasteiger partial charge is 0.0783 e. The van der Waals surface area contributed by atoms with Crippen molar-refractivity contribution in [1.29, 1.82) is 0 Å². The summed E-state index contributed by atoms with van der Waals surface area (Å²) in [6.45, 7) is 5.43. The number of rotatable bonds is 7. The van der Waals surface area contributed by atoms with Gasteiger partial charge in [-0.05, 0) is 37.6 Å². The molecule has 0 saturated heterocycles. The summed E-state index contributed by atoms with van der Waals surface area (Å²) in [5.74, 6) is 0.292. The molecule has 0 spiro atoms. The zero-order valence-electron chi connectivity index (χ0n) is 10.5. The van der Waals surface area contributed by atoms with E-state index in [1.165, 1.54) is 0 Å². The molecule has 4 heteroatoms. The molecule has 0 radical (unpaired) electrons. The van der Waals surface area contributed by atoms with Crippen molar-refractivity contribution in [2.45, 2.75) is 31.3 Å². The molecule has 0 aliphatic rings. The molecule has 0 heterocycles. The number of benzene rings is 1. The third-order valence-electron chi connectivity index (χ3n) is 2.40. The van der Waals surface area contributed by atoms with E-state index < -0.39 is 16.9 Å². The Morgan fingerprint density at radius 1 is 1.47 bits per heavy atom. The Labute approximate surface area is 106 Å². The Morgan fingerprint density at radius 2 is 2.24 bits per heavy atom. The van der Waals surface area contributed by atoms with Gasteiger partial charge in [-0.25, -0.2) is 0 Å². The molecule has 0 bridgehead atoms. The van der Waals surface area contributed by atoms with E-state index in [0.717, 1.165) is 23.4 Å². The van der Waals surface area contributed by atoms with Crippen molar-refractivity contribution in [2.24, 2.45) is 0 Å². The number of nitrogens with one attached hydrogen (secondary N) is 1. The van der Waals surface area contributed by atoms with Crippen LogP contribution in [0.1, 0.15) is 18.9 Å². The molecule has 1 aromatic carbocycles. The molecule has 0 fully saturated rings. The largest absolute Gasteiger partial charge is 0.391 e. The maximum atomic E-state index is 12.0. The second kappa shape index (κ2) is 7.58. The van der Waals surface area contributed by atoms with Crippen LogP contribution < -0.4 is 5.32 Å². The van der Waals surface area contributed by atoms with Crippen molar-refractivity contribution in [3.05, 3.63) is 29.8 Å². The molecule has 96 valence electrons. The molecule has 0 aliphatic heterocycles. The highest BCUT2D eigenvalue weighted by atomic mass is 32.2. The molecular formula is C13H21NO2S. The van der Waals surface area contributed by atoms with Gasteiger partial charge in [0.05, 0.1) is 22.7 Å². The molecule has 0 aliphatic carbocycles. The normalized spacial score (nSPS) is 14.5. The van der Waals surface area contributed by atoms with Crippen LogP contribution in [0.3, 0.4) is 0 Å². The van der Waals surface area contributed by atoms with Gasteiger partial charge in [0.2, 0.25) is 0 Å². The molecule has 1 rings (SSSR count). The number of hydrogen-bond acceptors (Lipinski definition) is 3. The fraction of sp³-hybridized carbons (Fsp3) is 0.538. The minimum absolute atomic E-state index is 0.292. The van der Waals surface area contributed by atoms with E-state index in [-0.39, 0.29) is 0 Å². The first-order chi connectivity index (χ1) is 8.13. The van der Waals surface area contributed by atoms with Crippen LogP contribution in [0.2, 0.25) is 0 Å². The lowest BCUT2D eigenvalue weighted by molar-refractivity contribution is 0.195. The molecule has 1 aromatic rings. The molecule has 0 aromatic heterocycles. The fourth-order valence-corrected chi connectivity index (χ4v) is 2.74. The third-order valence-corrected chi connectivity index (χ3v) is 3.87. The second-order valence-corrected chi connectivity index (χ2v) is 5.68. The van der Waals surface area contributed by atoms with Gasteiger partial charge in [-0.15, -0.1) is 0 Å². The van der Waals surface area contributed by atoms with E-state index in [1.54, 1.807) is 0 Å². The van der Waals surface area contributed by atoms with Gasteiger partial charge in [0, 0.05) is 11.4 Å². The minimum atomic E-state index is -1.12. The molecule has 2 N–H and O–H groups in total. The van der Waals surface area contributed by atoms with Gasteiger partial charge in [0.25, 0.3) is 0 Å². The third kappa shape index (κ3) is 5.44. The van der Waals surface area contributed by atoms with E-state index >= 15 is 0 Å². The molecular weight excluding hydrogens is 234 g/mol. The van der Waals surface area contributed by atoms with Gasteiger partial charge in [0.1, 0.15) is 0 Å². The van der Waals surface area contributed by atoms with E-state index in [4.69, 9.17) is 0 Å². The van der Waals surface area contributed by atoms with Crippen LogP contribution in [-0.4, -0.2) is 34.3 Å². The molecule has 0 amide bonds. The van der Waals surface area contributed by atoms with Crippen LogP contribution in [0.25, 0.3) is 0 Å². The molecule has 2 unspecified atom stereocenters. The van der Waals surface area contributed by atoms with Crippen LogP contribution in [0.15, 0.2) is 29.2 Å². The van der Waals surface area contributed by atoms with Crippen molar-refractivity contribution >= 4 is 10.8 Å². The van der Waals surface area contributed by atoms with Crippen LogP contribution in [0, 0.1) is 6.92 Å². The van der Waals surface area contributed by atoms with Gasteiger partial charge in [-0.1, -0.05) is 19.1 Å². The average Bonchev–Trinajstić information content (AvgIpc) is 2.29. The van der Waals surface area contributed by atoms with E-state index in [1.807, 2.05) is 31.2 Å². The second-order valence-electron chi connectivity index (χ2n) is 4.19. The highest BCUT2D eigenvalue weighted by Gasteiger charge is 2.10. The minimum Gasteiger partial charge on any atom is -0.391 e. The summed E-state index contributed by atoms with van der Waals surface area (Å²) in [5.41, 5.74) is 1.09. The van der Waals surface area contributed by atoms with Gasteiger partial charge < -0.3 is 10.4 Å². The lowest BCUT2D eigenvalue weighted by atomic mass is 10.2. The maximum Gasteiger partial charge on any atom is 0.0783 e. The van der Waals surface area contributed by atoms with Crippen LogP contribution in [0.4, 0.5) is 0 Å². The molecule has 3 nitrogen and oxygen atoms in total. The summed E-state index contributed by atoms with van der Waals surface area (Å²) < 4.78 is 12.0. The van der Waals surface area contributed by atoms with E-state index in [2.05, 4.69) is 12.2 Å². The maximum absolute atomic E-state index is 12.0. The monoisotopic (exact) mass is 255 g/mol. The summed E-state index contributed by atoms with van der Waals surface area (Å²) in [5, 5.41) is 12.8. The van der Waals surface area contributed by atoms with Crippen molar-refractivity contribution in [3.8, 4) is 0 Å². The van der Waals surface area contributed by atoms with Gasteiger partial charge in [-0.3, -0.25) is 4.21 Å². The average molecular weight is 255 g/mol.